The van der Waals surface area contributed by atoms with E-state index in [4.69, 9.17) is 0 Å². The summed E-state index contributed by atoms with van der Waals surface area (Å²) in [5.74, 6) is 0.0813. The molecule has 0 aromatic carbocycles. The van der Waals surface area contributed by atoms with Crippen LogP contribution in [0.3, 0.4) is 0 Å². The standard InChI is InChI=1S/C10H22N4O/c1-2-13-10(15)9-12-5-8-14-6-3-11-4-7-14/h11-12H,2-9H2,1H3,(H,13,15). The van der Waals surface area contributed by atoms with Gasteiger partial charge in [0, 0.05) is 45.8 Å². The predicted molar refractivity (Wildman–Crippen MR) is 60.9 cm³/mol. The third-order valence-corrected chi connectivity index (χ3v) is 2.47. The van der Waals surface area contributed by atoms with Gasteiger partial charge < -0.3 is 16.0 Å². The van der Waals surface area contributed by atoms with Crippen LogP contribution in [0.15, 0.2) is 0 Å². The predicted octanol–water partition coefficient (Wildman–Crippen LogP) is -1.38. The Balaban J connectivity index is 1.93. The topological polar surface area (TPSA) is 56.4 Å². The Bertz CT molecular complexity index is 180. The highest BCUT2D eigenvalue weighted by atomic mass is 16.1. The summed E-state index contributed by atoms with van der Waals surface area (Å²) in [5, 5.41) is 9.22. The van der Waals surface area contributed by atoms with Crippen LogP contribution in [0.25, 0.3) is 0 Å². The molecule has 0 atom stereocenters. The van der Waals surface area contributed by atoms with E-state index >= 15 is 0 Å². The van der Waals surface area contributed by atoms with Crippen LogP contribution in [0.4, 0.5) is 0 Å². The SMILES string of the molecule is CCNC(=O)CNCCN1CCNCC1. The van der Waals surface area contributed by atoms with E-state index < -0.39 is 0 Å². The lowest BCUT2D eigenvalue weighted by molar-refractivity contribution is -0.120. The molecule has 0 aliphatic carbocycles. The van der Waals surface area contributed by atoms with Gasteiger partial charge in [0.25, 0.3) is 0 Å². The molecule has 5 heteroatoms. The molecule has 0 saturated carbocycles. The first-order chi connectivity index (χ1) is 7.33. The molecule has 1 aliphatic rings. The summed E-state index contributed by atoms with van der Waals surface area (Å²) in [6.45, 7) is 9.37. The van der Waals surface area contributed by atoms with Crippen molar-refractivity contribution in [2.45, 2.75) is 6.92 Å². The molecule has 0 aromatic rings. The van der Waals surface area contributed by atoms with E-state index in [1.54, 1.807) is 0 Å². The molecule has 88 valence electrons. The van der Waals surface area contributed by atoms with Crippen LogP contribution in [-0.2, 0) is 4.79 Å². The van der Waals surface area contributed by atoms with E-state index in [1.165, 1.54) is 0 Å². The van der Waals surface area contributed by atoms with E-state index in [1.807, 2.05) is 6.92 Å². The van der Waals surface area contributed by atoms with E-state index in [2.05, 4.69) is 20.9 Å². The second-order valence-electron chi connectivity index (χ2n) is 3.72. The number of hydrogen-bond donors (Lipinski definition) is 3. The Kier molecular flexibility index (Phi) is 6.31. The number of nitrogens with zero attached hydrogens (tertiary/aromatic N) is 1. The Morgan fingerprint density at radius 1 is 1.40 bits per heavy atom. The minimum atomic E-state index is 0.0813. The van der Waals surface area contributed by atoms with Crippen LogP contribution in [0.1, 0.15) is 6.92 Å². The lowest BCUT2D eigenvalue weighted by Crippen LogP contribution is -2.46. The maximum Gasteiger partial charge on any atom is 0.233 e. The van der Waals surface area contributed by atoms with Gasteiger partial charge >= 0.3 is 0 Å². The molecule has 1 rings (SSSR count). The van der Waals surface area contributed by atoms with E-state index in [0.717, 1.165) is 39.3 Å². The number of likely N-dealkylation sites (N-methyl/N-ethyl adjacent to an activating group) is 1. The van der Waals surface area contributed by atoms with Crippen molar-refractivity contribution in [3.8, 4) is 0 Å². The number of hydrogen-bond acceptors (Lipinski definition) is 4. The van der Waals surface area contributed by atoms with Crippen molar-refractivity contribution in [3.05, 3.63) is 0 Å². The summed E-state index contributed by atoms with van der Waals surface area (Å²) in [6, 6.07) is 0. The number of carbonyl (C=O) groups excluding carboxylic acids is 1. The summed E-state index contributed by atoms with van der Waals surface area (Å²) in [4.78, 5) is 13.5. The van der Waals surface area contributed by atoms with Gasteiger partial charge in [0.1, 0.15) is 0 Å². The van der Waals surface area contributed by atoms with Crippen LogP contribution in [0, 0.1) is 0 Å². The smallest absolute Gasteiger partial charge is 0.233 e. The normalized spacial score (nSPS) is 17.7. The molecule has 1 saturated heterocycles. The number of piperazine rings is 1. The van der Waals surface area contributed by atoms with E-state index in [-0.39, 0.29) is 5.91 Å². The first-order valence-corrected chi connectivity index (χ1v) is 5.73. The lowest BCUT2D eigenvalue weighted by atomic mass is 10.3. The summed E-state index contributed by atoms with van der Waals surface area (Å²) >= 11 is 0. The van der Waals surface area contributed by atoms with Crippen LogP contribution < -0.4 is 16.0 Å². The first-order valence-electron chi connectivity index (χ1n) is 5.73. The van der Waals surface area contributed by atoms with Crippen molar-refractivity contribution < 1.29 is 4.79 Å². The van der Waals surface area contributed by atoms with Crippen molar-refractivity contribution in [1.82, 2.24) is 20.9 Å². The van der Waals surface area contributed by atoms with Gasteiger partial charge in [0.2, 0.25) is 5.91 Å². The second kappa shape index (κ2) is 7.62. The van der Waals surface area contributed by atoms with E-state index in [0.29, 0.717) is 13.1 Å². The Labute approximate surface area is 91.6 Å². The van der Waals surface area contributed by atoms with Crippen LogP contribution in [0.5, 0.6) is 0 Å². The van der Waals surface area contributed by atoms with E-state index in [9.17, 15) is 4.79 Å². The molecule has 0 unspecified atom stereocenters. The quantitative estimate of drug-likeness (QED) is 0.477. The molecule has 1 aliphatic heterocycles. The lowest BCUT2D eigenvalue weighted by Gasteiger charge is -2.27. The molecule has 1 amide bonds. The van der Waals surface area contributed by atoms with Crippen molar-refractivity contribution in [2.75, 3.05) is 52.4 Å². The maximum absolute atomic E-state index is 11.1. The summed E-state index contributed by atoms with van der Waals surface area (Å²) in [6.07, 6.45) is 0. The molecule has 0 bridgehead atoms. The fourth-order valence-corrected chi connectivity index (χ4v) is 1.63. The van der Waals surface area contributed by atoms with Crippen molar-refractivity contribution in [3.63, 3.8) is 0 Å². The molecule has 0 aromatic heterocycles. The van der Waals surface area contributed by atoms with Crippen LogP contribution in [-0.4, -0.2) is 63.2 Å². The van der Waals surface area contributed by atoms with Crippen LogP contribution in [0.2, 0.25) is 0 Å². The average molecular weight is 214 g/mol. The zero-order valence-electron chi connectivity index (χ0n) is 9.51. The molecule has 3 N–H and O–H groups in total. The molecule has 1 fully saturated rings. The van der Waals surface area contributed by atoms with Gasteiger partial charge in [-0.3, -0.25) is 9.69 Å². The number of amides is 1. The zero-order chi connectivity index (χ0) is 10.9. The number of carbonyl (C=O) groups is 1. The van der Waals surface area contributed by atoms with Gasteiger partial charge in [-0.1, -0.05) is 0 Å². The van der Waals surface area contributed by atoms with Crippen molar-refractivity contribution in [1.29, 1.82) is 0 Å². The minimum absolute atomic E-state index is 0.0813. The highest BCUT2D eigenvalue weighted by molar-refractivity contribution is 5.77. The van der Waals surface area contributed by atoms with Gasteiger partial charge in [-0.25, -0.2) is 0 Å². The Morgan fingerprint density at radius 3 is 2.80 bits per heavy atom. The van der Waals surface area contributed by atoms with Gasteiger partial charge in [-0.15, -0.1) is 0 Å². The summed E-state index contributed by atoms with van der Waals surface area (Å²) in [5.41, 5.74) is 0. The highest BCUT2D eigenvalue weighted by Crippen LogP contribution is 1.89. The number of nitrogens with one attached hydrogen (secondary N) is 3. The van der Waals surface area contributed by atoms with Gasteiger partial charge in [-0.05, 0) is 6.92 Å². The third kappa shape index (κ3) is 5.71. The van der Waals surface area contributed by atoms with Crippen molar-refractivity contribution in [2.24, 2.45) is 0 Å². The zero-order valence-corrected chi connectivity index (χ0v) is 9.51. The molecular formula is C10H22N4O. The first kappa shape index (κ1) is 12.4. The third-order valence-electron chi connectivity index (χ3n) is 2.47. The van der Waals surface area contributed by atoms with Crippen molar-refractivity contribution >= 4 is 5.91 Å². The molecule has 0 radical (unpaired) electrons. The molecular weight excluding hydrogens is 192 g/mol. The second-order valence-corrected chi connectivity index (χ2v) is 3.72. The molecule has 15 heavy (non-hydrogen) atoms. The minimum Gasteiger partial charge on any atom is -0.355 e. The molecule has 0 spiro atoms. The summed E-state index contributed by atoms with van der Waals surface area (Å²) < 4.78 is 0. The van der Waals surface area contributed by atoms with Crippen LogP contribution >= 0.6 is 0 Å². The Morgan fingerprint density at radius 2 is 2.13 bits per heavy atom. The molecule has 1 heterocycles. The maximum atomic E-state index is 11.1. The van der Waals surface area contributed by atoms with Gasteiger partial charge in [0.15, 0.2) is 0 Å². The molecule has 5 nitrogen and oxygen atoms in total. The number of rotatable bonds is 6. The fourth-order valence-electron chi connectivity index (χ4n) is 1.63. The highest BCUT2D eigenvalue weighted by Gasteiger charge is 2.08. The van der Waals surface area contributed by atoms with Gasteiger partial charge in [-0.2, -0.15) is 0 Å². The Hall–Kier alpha value is -0.650. The van der Waals surface area contributed by atoms with Gasteiger partial charge in [0.05, 0.1) is 6.54 Å². The largest absolute Gasteiger partial charge is 0.355 e. The summed E-state index contributed by atoms with van der Waals surface area (Å²) in [7, 11) is 0. The monoisotopic (exact) mass is 214 g/mol. The average Bonchev–Trinajstić information content (AvgIpc) is 2.26. The fraction of sp³-hybridized carbons (Fsp3) is 0.900.